The molecule has 0 bridgehead atoms. The highest BCUT2D eigenvalue weighted by molar-refractivity contribution is 14.1. The van der Waals surface area contributed by atoms with Crippen LogP contribution in [0.15, 0.2) is 78.9 Å². The van der Waals surface area contributed by atoms with E-state index in [0.717, 1.165) is 7.14 Å². The van der Waals surface area contributed by atoms with Crippen molar-refractivity contribution in [3.05, 3.63) is 112 Å². The third kappa shape index (κ3) is 8.64. The zero-order valence-electron chi connectivity index (χ0n) is 18.6. The minimum Gasteiger partial charge on any atom is -0.507 e. The summed E-state index contributed by atoms with van der Waals surface area (Å²) in [5, 5.41) is 25.6. The van der Waals surface area contributed by atoms with Gasteiger partial charge in [-0.05, 0) is 124 Å². The average Bonchev–Trinajstić information content (AvgIpc) is 2.86. The van der Waals surface area contributed by atoms with E-state index in [1.54, 1.807) is 36.4 Å². The predicted octanol–water partition coefficient (Wildman–Crippen LogP) is 8.46. The Kier molecular flexibility index (Phi) is 10.7. The molecule has 4 aromatic rings. The molecule has 2 amide bonds. The Labute approximate surface area is 255 Å². The van der Waals surface area contributed by atoms with Gasteiger partial charge >= 0.3 is 0 Å². The zero-order chi connectivity index (χ0) is 27.1. The van der Waals surface area contributed by atoms with Gasteiger partial charge in [-0.25, -0.2) is 0 Å². The molecule has 0 unspecified atom stereocenters. The number of carbonyl (C=O) groups is 2. The Bertz CT molecular complexity index is 1430. The maximum Gasteiger partial charge on any atom is 0.259 e. The molecule has 0 atom stereocenters. The Balaban J connectivity index is 0.000000206. The normalized spacial score (nSPS) is 10.2. The number of halogens is 5. The fourth-order valence-corrected chi connectivity index (χ4v) is 4.36. The Morgan fingerprint density at radius 1 is 0.622 bits per heavy atom. The van der Waals surface area contributed by atoms with Crippen molar-refractivity contribution < 1.29 is 19.8 Å². The number of nitrogens with one attached hydrogen (secondary N) is 2. The SMILES string of the molecule is O=C(Nc1ccc(Cl)cc1)c1cc(Cl)cc(Cl)c1O.O=C(Nc1ccc(I)cc1)c1cc(I)ccc1O. The summed E-state index contributed by atoms with van der Waals surface area (Å²) >= 11 is 21.6. The van der Waals surface area contributed by atoms with Crippen LogP contribution < -0.4 is 10.6 Å². The number of carbonyl (C=O) groups excluding carboxylic acids is 2. The van der Waals surface area contributed by atoms with Crippen molar-refractivity contribution in [2.75, 3.05) is 10.6 Å². The molecule has 0 aliphatic rings. The van der Waals surface area contributed by atoms with E-state index in [4.69, 9.17) is 34.8 Å². The summed E-state index contributed by atoms with van der Waals surface area (Å²) in [4.78, 5) is 24.0. The molecule has 0 saturated heterocycles. The number of rotatable bonds is 4. The van der Waals surface area contributed by atoms with Gasteiger partial charge in [0.1, 0.15) is 11.5 Å². The molecule has 0 aromatic heterocycles. The number of aromatic hydroxyl groups is 2. The smallest absolute Gasteiger partial charge is 0.259 e. The molecule has 4 rings (SSSR count). The minimum atomic E-state index is -0.510. The van der Waals surface area contributed by atoms with E-state index in [2.05, 4.69) is 55.8 Å². The number of hydrogen-bond acceptors (Lipinski definition) is 4. The standard InChI is InChI=1S/C13H8Cl3NO2.C13H9I2NO2/c14-7-1-3-9(4-2-7)17-13(19)10-5-8(15)6-11(16)12(10)18;14-8-1-4-10(5-2-8)16-13(18)11-7-9(15)3-6-12(11)17/h1-6,18H,(H,17,19);1-7,17H,(H,16,18). The van der Waals surface area contributed by atoms with E-state index in [-0.39, 0.29) is 38.6 Å². The van der Waals surface area contributed by atoms with Crippen LogP contribution in [0.5, 0.6) is 11.5 Å². The van der Waals surface area contributed by atoms with Gasteiger partial charge in [-0.2, -0.15) is 0 Å². The van der Waals surface area contributed by atoms with Crippen molar-refractivity contribution in [1.82, 2.24) is 0 Å². The molecule has 4 N–H and O–H groups in total. The first kappa shape index (κ1) is 29.3. The molecule has 0 saturated carbocycles. The van der Waals surface area contributed by atoms with Gasteiger partial charge in [0.15, 0.2) is 0 Å². The van der Waals surface area contributed by atoms with E-state index in [0.29, 0.717) is 16.4 Å². The van der Waals surface area contributed by atoms with Crippen molar-refractivity contribution in [1.29, 1.82) is 0 Å². The van der Waals surface area contributed by atoms with Crippen molar-refractivity contribution >= 4 is 103 Å². The van der Waals surface area contributed by atoms with Crippen LogP contribution in [0, 0.1) is 7.14 Å². The Hall–Kier alpha value is -2.25. The fraction of sp³-hybridized carbons (Fsp3) is 0. The van der Waals surface area contributed by atoms with Gasteiger partial charge in [0, 0.05) is 28.6 Å². The van der Waals surface area contributed by atoms with E-state index < -0.39 is 5.91 Å². The average molecular weight is 782 g/mol. The van der Waals surface area contributed by atoms with Crippen LogP contribution in [0.3, 0.4) is 0 Å². The first-order valence-corrected chi connectivity index (χ1v) is 13.6. The van der Waals surface area contributed by atoms with Gasteiger partial charge in [-0.3, -0.25) is 9.59 Å². The van der Waals surface area contributed by atoms with Crippen molar-refractivity contribution in [2.24, 2.45) is 0 Å². The highest BCUT2D eigenvalue weighted by atomic mass is 127. The zero-order valence-corrected chi connectivity index (χ0v) is 25.2. The number of hydrogen-bond donors (Lipinski definition) is 4. The summed E-state index contributed by atoms with van der Waals surface area (Å²) in [5.41, 5.74) is 1.54. The third-order valence-electron chi connectivity index (χ3n) is 4.68. The number of anilines is 2. The van der Waals surface area contributed by atoms with Crippen LogP contribution in [0.25, 0.3) is 0 Å². The van der Waals surface area contributed by atoms with Gasteiger partial charge in [0.25, 0.3) is 11.8 Å². The second-order valence-electron chi connectivity index (χ2n) is 7.37. The van der Waals surface area contributed by atoms with Crippen molar-refractivity contribution in [2.45, 2.75) is 0 Å². The van der Waals surface area contributed by atoms with Crippen LogP contribution in [-0.4, -0.2) is 22.0 Å². The summed E-state index contributed by atoms with van der Waals surface area (Å²) in [6.07, 6.45) is 0. The number of phenols is 2. The molecule has 190 valence electrons. The topological polar surface area (TPSA) is 98.7 Å². The molecule has 0 heterocycles. The van der Waals surface area contributed by atoms with Crippen LogP contribution in [-0.2, 0) is 0 Å². The number of phenolic OH excluding ortho intramolecular Hbond substituents is 2. The van der Waals surface area contributed by atoms with Gasteiger partial charge in [0.05, 0.1) is 16.1 Å². The monoisotopic (exact) mass is 780 g/mol. The largest absolute Gasteiger partial charge is 0.507 e. The molecule has 0 aliphatic carbocycles. The van der Waals surface area contributed by atoms with E-state index in [9.17, 15) is 19.8 Å². The highest BCUT2D eigenvalue weighted by Gasteiger charge is 2.15. The maximum absolute atomic E-state index is 12.0. The molecule has 0 aliphatic heterocycles. The first-order valence-electron chi connectivity index (χ1n) is 10.3. The molecule has 0 fully saturated rings. The van der Waals surface area contributed by atoms with E-state index in [1.807, 2.05) is 24.3 Å². The van der Waals surface area contributed by atoms with Crippen LogP contribution in [0.2, 0.25) is 15.1 Å². The van der Waals surface area contributed by atoms with E-state index in [1.165, 1.54) is 18.2 Å². The summed E-state index contributed by atoms with van der Waals surface area (Å²) in [7, 11) is 0. The summed E-state index contributed by atoms with van der Waals surface area (Å²) in [5.74, 6) is -1.15. The van der Waals surface area contributed by atoms with E-state index >= 15 is 0 Å². The second-order valence-corrected chi connectivity index (χ2v) is 11.1. The maximum atomic E-state index is 12.0. The lowest BCUT2D eigenvalue weighted by Crippen LogP contribution is -2.12. The second kappa shape index (κ2) is 13.5. The lowest BCUT2D eigenvalue weighted by atomic mass is 10.2. The molecule has 0 radical (unpaired) electrons. The lowest BCUT2D eigenvalue weighted by molar-refractivity contribution is 0.101. The quantitative estimate of drug-likeness (QED) is 0.156. The molecular weight excluding hydrogens is 764 g/mol. The third-order valence-corrected chi connectivity index (χ3v) is 6.83. The van der Waals surface area contributed by atoms with Crippen LogP contribution in [0.4, 0.5) is 11.4 Å². The van der Waals surface area contributed by atoms with Gasteiger partial charge in [-0.1, -0.05) is 34.8 Å². The Morgan fingerprint density at radius 2 is 1.14 bits per heavy atom. The van der Waals surface area contributed by atoms with Crippen molar-refractivity contribution in [3.8, 4) is 11.5 Å². The molecule has 0 spiro atoms. The number of benzene rings is 4. The minimum absolute atomic E-state index is 0.00690. The van der Waals surface area contributed by atoms with Crippen molar-refractivity contribution in [3.63, 3.8) is 0 Å². The number of amides is 2. The molecular formula is C26H17Cl3I2N2O4. The summed E-state index contributed by atoms with van der Waals surface area (Å²) in [6.45, 7) is 0. The molecule has 4 aromatic carbocycles. The van der Waals surface area contributed by atoms with Crippen LogP contribution in [0.1, 0.15) is 20.7 Å². The molecule has 6 nitrogen and oxygen atoms in total. The summed E-state index contributed by atoms with van der Waals surface area (Å²) < 4.78 is 2.00. The fourth-order valence-electron chi connectivity index (χ4n) is 2.89. The van der Waals surface area contributed by atoms with Gasteiger partial charge in [-0.15, -0.1) is 0 Å². The molecule has 11 heteroatoms. The summed E-state index contributed by atoms with van der Waals surface area (Å²) in [6, 6.07) is 21.6. The van der Waals surface area contributed by atoms with Crippen LogP contribution >= 0.6 is 80.0 Å². The molecule has 37 heavy (non-hydrogen) atoms. The van der Waals surface area contributed by atoms with Gasteiger partial charge < -0.3 is 20.8 Å². The predicted molar refractivity (Wildman–Crippen MR) is 165 cm³/mol. The lowest BCUT2D eigenvalue weighted by Gasteiger charge is -2.08. The highest BCUT2D eigenvalue weighted by Crippen LogP contribution is 2.31. The first-order chi connectivity index (χ1) is 17.5. The Morgan fingerprint density at radius 3 is 1.73 bits per heavy atom. The van der Waals surface area contributed by atoms with Gasteiger partial charge in [0.2, 0.25) is 0 Å².